The van der Waals surface area contributed by atoms with Gasteiger partial charge in [-0.05, 0) is 6.42 Å². The van der Waals surface area contributed by atoms with Crippen LogP contribution in [0.5, 0.6) is 0 Å². The van der Waals surface area contributed by atoms with E-state index in [2.05, 4.69) is 11.7 Å². The van der Waals surface area contributed by atoms with Gasteiger partial charge in [-0.15, -0.1) is 0 Å². The number of aliphatic hydroxyl groups excluding tert-OH is 4. The van der Waals surface area contributed by atoms with Gasteiger partial charge in [0.05, 0.1) is 0 Å². The molecular formula is C24H44O7. The molecule has 4 N–H and O–H groups in total. The molecule has 0 fully saturated rings. The maximum absolute atomic E-state index is 11.1. The summed E-state index contributed by atoms with van der Waals surface area (Å²) < 4.78 is 9.76. The number of ether oxygens (including phenoxy) is 2. The van der Waals surface area contributed by atoms with Gasteiger partial charge >= 0.3 is 5.97 Å². The van der Waals surface area contributed by atoms with E-state index in [4.69, 9.17) is 4.74 Å². The van der Waals surface area contributed by atoms with Crippen molar-refractivity contribution in [3.05, 3.63) is 11.5 Å². The van der Waals surface area contributed by atoms with E-state index in [9.17, 15) is 25.2 Å². The van der Waals surface area contributed by atoms with E-state index >= 15 is 0 Å². The van der Waals surface area contributed by atoms with E-state index in [1.54, 1.807) is 0 Å². The molecule has 1 heterocycles. The van der Waals surface area contributed by atoms with Crippen molar-refractivity contribution in [3.63, 3.8) is 0 Å². The van der Waals surface area contributed by atoms with Crippen LogP contribution in [0.3, 0.4) is 0 Å². The molecule has 0 radical (unpaired) electrons. The van der Waals surface area contributed by atoms with Crippen LogP contribution in [0.25, 0.3) is 0 Å². The van der Waals surface area contributed by atoms with Crippen molar-refractivity contribution < 1.29 is 34.7 Å². The van der Waals surface area contributed by atoms with Gasteiger partial charge in [0, 0.05) is 6.61 Å². The maximum Gasteiger partial charge on any atom is 0.377 e. The van der Waals surface area contributed by atoms with E-state index in [0.29, 0.717) is 0 Å². The molecule has 1 rings (SSSR count). The van der Waals surface area contributed by atoms with Crippen LogP contribution in [0.15, 0.2) is 11.5 Å². The van der Waals surface area contributed by atoms with Crippen molar-refractivity contribution in [3.8, 4) is 0 Å². The highest BCUT2D eigenvalue weighted by atomic mass is 16.6. The van der Waals surface area contributed by atoms with Crippen molar-refractivity contribution in [2.45, 2.75) is 128 Å². The van der Waals surface area contributed by atoms with E-state index in [-0.39, 0.29) is 6.61 Å². The van der Waals surface area contributed by atoms with Crippen molar-refractivity contribution in [2.24, 2.45) is 0 Å². The van der Waals surface area contributed by atoms with Gasteiger partial charge in [0.15, 0.2) is 18.2 Å². The molecule has 0 saturated carbocycles. The lowest BCUT2D eigenvalue weighted by atomic mass is 10.0. The molecule has 7 nitrogen and oxygen atoms in total. The van der Waals surface area contributed by atoms with Crippen LogP contribution >= 0.6 is 0 Å². The van der Waals surface area contributed by atoms with Crippen molar-refractivity contribution >= 4 is 5.97 Å². The van der Waals surface area contributed by atoms with E-state index in [1.807, 2.05) is 0 Å². The third-order valence-corrected chi connectivity index (χ3v) is 5.83. The third-order valence-electron chi connectivity index (χ3n) is 5.83. The molecule has 0 bridgehead atoms. The molecule has 1 unspecified atom stereocenters. The molecule has 31 heavy (non-hydrogen) atoms. The molecule has 0 aliphatic carbocycles. The van der Waals surface area contributed by atoms with E-state index in [1.165, 1.54) is 83.5 Å². The number of unbranched alkanes of at least 4 members (excludes halogenated alkanes) is 15. The van der Waals surface area contributed by atoms with Crippen LogP contribution in [-0.2, 0) is 14.3 Å². The van der Waals surface area contributed by atoms with Gasteiger partial charge in [-0.1, -0.05) is 103 Å². The number of hydrogen-bond donors (Lipinski definition) is 4. The predicted octanol–water partition coefficient (Wildman–Crippen LogP) is 5.20. The molecule has 1 aliphatic rings. The monoisotopic (exact) mass is 444 g/mol. The van der Waals surface area contributed by atoms with Gasteiger partial charge in [0.2, 0.25) is 5.76 Å². The van der Waals surface area contributed by atoms with Crippen LogP contribution in [0.1, 0.15) is 110 Å². The Hall–Kier alpha value is -1.31. The van der Waals surface area contributed by atoms with Gasteiger partial charge in [-0.3, -0.25) is 0 Å². The first kappa shape index (κ1) is 27.7. The molecule has 0 aromatic rings. The molecule has 3 atom stereocenters. The Morgan fingerprint density at radius 1 is 0.774 bits per heavy atom. The number of rotatable bonds is 20. The zero-order valence-electron chi connectivity index (χ0n) is 19.3. The molecule has 0 amide bonds. The fraction of sp³-hybridized carbons (Fsp3) is 0.875. The smallest absolute Gasteiger partial charge is 0.377 e. The number of cyclic esters (lactones) is 1. The zero-order chi connectivity index (χ0) is 22.9. The maximum atomic E-state index is 11.1. The molecular weight excluding hydrogens is 400 g/mol. The summed E-state index contributed by atoms with van der Waals surface area (Å²) >= 11 is 0. The number of esters is 1. The highest BCUT2D eigenvalue weighted by Crippen LogP contribution is 2.23. The first-order chi connectivity index (χ1) is 15.0. The molecule has 7 heteroatoms. The average Bonchev–Trinajstić information content (AvgIpc) is 3.02. The van der Waals surface area contributed by atoms with Crippen LogP contribution in [0.4, 0.5) is 0 Å². The lowest BCUT2D eigenvalue weighted by molar-refractivity contribution is -0.193. The Morgan fingerprint density at radius 2 is 1.19 bits per heavy atom. The zero-order valence-corrected chi connectivity index (χ0v) is 19.3. The van der Waals surface area contributed by atoms with Gasteiger partial charge in [-0.25, -0.2) is 4.79 Å². The summed E-state index contributed by atoms with van der Waals surface area (Å²) in [7, 11) is 0. The standard InChI is InChI=1S/C24H44O7/c1-2-3-4-5-6-7-8-9-10-11-12-13-14-15-16-17-18-30-23(28)21(27)22-19(25)20(26)24(29)31-22/h21-23,25-28H,2-18H2,1H3/t21-,22+,23?/m1/s1. The second kappa shape index (κ2) is 17.3. The summed E-state index contributed by atoms with van der Waals surface area (Å²) in [6.45, 7) is 2.51. The Morgan fingerprint density at radius 3 is 1.58 bits per heavy atom. The minimum atomic E-state index is -1.66. The fourth-order valence-electron chi connectivity index (χ4n) is 3.80. The summed E-state index contributed by atoms with van der Waals surface area (Å²) in [6, 6.07) is 0. The minimum Gasteiger partial charge on any atom is -0.505 e. The number of hydrogen-bond acceptors (Lipinski definition) is 7. The first-order valence-corrected chi connectivity index (χ1v) is 12.3. The topological polar surface area (TPSA) is 116 Å². The Kier molecular flexibility index (Phi) is 15.4. The van der Waals surface area contributed by atoms with Gasteiger partial charge in [0.25, 0.3) is 0 Å². The van der Waals surface area contributed by atoms with E-state index < -0.39 is 36.0 Å². The SMILES string of the molecule is CCCCCCCCCCCCCCCCCCOC(O)[C@H](O)[C@H]1OC(=O)C(O)=C1O. The summed E-state index contributed by atoms with van der Waals surface area (Å²) in [5, 5.41) is 38.5. The second-order valence-corrected chi connectivity index (χ2v) is 8.62. The van der Waals surface area contributed by atoms with Crippen molar-refractivity contribution in [1.29, 1.82) is 0 Å². The Bertz CT molecular complexity index is 506. The lowest BCUT2D eigenvalue weighted by Gasteiger charge is -2.22. The summed E-state index contributed by atoms with van der Waals surface area (Å²) in [5.74, 6) is -2.87. The van der Waals surface area contributed by atoms with Gasteiger partial charge in [0.1, 0.15) is 6.10 Å². The molecule has 182 valence electrons. The predicted molar refractivity (Wildman–Crippen MR) is 120 cm³/mol. The van der Waals surface area contributed by atoms with Crippen molar-refractivity contribution in [2.75, 3.05) is 6.61 Å². The summed E-state index contributed by atoms with van der Waals surface area (Å²) in [6.07, 6.45) is 15.5. The highest BCUT2D eigenvalue weighted by molar-refractivity contribution is 5.89. The summed E-state index contributed by atoms with van der Waals surface area (Å²) in [5.41, 5.74) is 0. The fourth-order valence-corrected chi connectivity index (χ4v) is 3.80. The third kappa shape index (κ3) is 11.8. The Labute approximate surface area is 187 Å². The molecule has 0 aromatic carbocycles. The normalized spacial score (nSPS) is 18.4. The van der Waals surface area contributed by atoms with Crippen LogP contribution < -0.4 is 0 Å². The lowest BCUT2D eigenvalue weighted by Crippen LogP contribution is -2.40. The molecule has 1 aliphatic heterocycles. The molecule has 0 spiro atoms. The highest BCUT2D eigenvalue weighted by Gasteiger charge is 2.42. The van der Waals surface area contributed by atoms with E-state index in [0.717, 1.165) is 19.3 Å². The largest absolute Gasteiger partial charge is 0.505 e. The Balaban J connectivity index is 1.87. The van der Waals surface area contributed by atoms with Crippen LogP contribution in [-0.4, -0.2) is 51.5 Å². The van der Waals surface area contributed by atoms with Crippen molar-refractivity contribution in [1.82, 2.24) is 0 Å². The number of aliphatic hydroxyl groups is 4. The molecule has 0 saturated heterocycles. The average molecular weight is 445 g/mol. The quantitative estimate of drug-likeness (QED) is 0.116. The van der Waals surface area contributed by atoms with Gasteiger partial charge < -0.3 is 29.9 Å². The van der Waals surface area contributed by atoms with Gasteiger partial charge in [-0.2, -0.15) is 0 Å². The summed E-state index contributed by atoms with van der Waals surface area (Å²) in [4.78, 5) is 11.1. The first-order valence-electron chi connectivity index (χ1n) is 12.3. The van der Waals surface area contributed by atoms with Crippen LogP contribution in [0, 0.1) is 0 Å². The molecule has 0 aromatic heterocycles. The number of carbonyl (C=O) groups excluding carboxylic acids is 1. The minimum absolute atomic E-state index is 0.258. The second-order valence-electron chi connectivity index (χ2n) is 8.62. The van der Waals surface area contributed by atoms with Crippen LogP contribution in [0.2, 0.25) is 0 Å². The number of carbonyl (C=O) groups is 1.